The summed E-state index contributed by atoms with van der Waals surface area (Å²) in [4.78, 5) is 20.3. The highest BCUT2D eigenvalue weighted by molar-refractivity contribution is 6.38. The van der Waals surface area contributed by atoms with E-state index in [1.807, 2.05) is 14.1 Å². The molecule has 0 aliphatic carbocycles. The molecular weight excluding hydrogens is 488 g/mol. The van der Waals surface area contributed by atoms with Crippen molar-refractivity contribution in [1.29, 1.82) is 0 Å². The number of rotatable bonds is 9. The monoisotopic (exact) mass is 509 g/mol. The first-order valence-corrected chi connectivity index (χ1v) is 11.4. The number of para-hydroxylation sites is 1. The van der Waals surface area contributed by atoms with Gasteiger partial charge in [0, 0.05) is 23.4 Å². The predicted octanol–water partition coefficient (Wildman–Crippen LogP) is 6.05. The summed E-state index contributed by atoms with van der Waals surface area (Å²) in [6.45, 7) is 1.33. The van der Waals surface area contributed by atoms with E-state index in [2.05, 4.69) is 10.1 Å². The standard InChI is InChI=1S/C24H23Cl3FN3O2/c1-30(2)12-3-4-13-33-29-23(18-10-9-17(28)14-21(18)27)16-8-11-22(32)31(15-16)24-19(25)6-5-7-20(24)26/h5-11,14-15H,3-4,12-13H2,1-2H3/b29-23+. The zero-order valence-electron chi connectivity index (χ0n) is 18.2. The number of pyridine rings is 1. The van der Waals surface area contributed by atoms with Gasteiger partial charge in [0.1, 0.15) is 18.1 Å². The van der Waals surface area contributed by atoms with E-state index in [1.165, 1.54) is 28.8 Å². The molecule has 0 bridgehead atoms. The molecule has 33 heavy (non-hydrogen) atoms. The molecule has 0 aliphatic heterocycles. The van der Waals surface area contributed by atoms with Crippen LogP contribution >= 0.6 is 34.8 Å². The second-order valence-electron chi connectivity index (χ2n) is 7.60. The van der Waals surface area contributed by atoms with Gasteiger partial charge in [0.2, 0.25) is 0 Å². The molecule has 0 saturated carbocycles. The average Bonchev–Trinajstić information content (AvgIpc) is 2.75. The number of hydrogen-bond acceptors (Lipinski definition) is 4. The van der Waals surface area contributed by atoms with Crippen LogP contribution in [-0.2, 0) is 4.84 Å². The first-order chi connectivity index (χ1) is 15.8. The van der Waals surface area contributed by atoms with Gasteiger partial charge in [0.15, 0.2) is 0 Å². The maximum atomic E-state index is 13.7. The molecule has 0 spiro atoms. The summed E-state index contributed by atoms with van der Waals surface area (Å²) in [7, 11) is 4.02. The van der Waals surface area contributed by atoms with Crippen LogP contribution in [0.5, 0.6) is 0 Å². The summed E-state index contributed by atoms with van der Waals surface area (Å²) in [5.74, 6) is -0.472. The van der Waals surface area contributed by atoms with Crippen LogP contribution in [-0.4, -0.2) is 42.4 Å². The Balaban J connectivity index is 2.02. The summed E-state index contributed by atoms with van der Waals surface area (Å²) < 4.78 is 15.0. The Morgan fingerprint density at radius 2 is 1.76 bits per heavy atom. The molecule has 3 aromatic rings. The lowest BCUT2D eigenvalue weighted by atomic mass is 10.0. The Bertz CT molecular complexity index is 1190. The second-order valence-corrected chi connectivity index (χ2v) is 8.83. The van der Waals surface area contributed by atoms with Crippen LogP contribution in [0.25, 0.3) is 5.69 Å². The number of unbranched alkanes of at least 4 members (excludes halogenated alkanes) is 1. The normalized spacial score (nSPS) is 11.8. The van der Waals surface area contributed by atoms with E-state index in [0.717, 1.165) is 19.4 Å². The van der Waals surface area contributed by atoms with Gasteiger partial charge in [-0.2, -0.15) is 0 Å². The molecule has 0 aliphatic rings. The van der Waals surface area contributed by atoms with E-state index in [1.54, 1.807) is 30.5 Å². The van der Waals surface area contributed by atoms with E-state index in [4.69, 9.17) is 39.6 Å². The fourth-order valence-electron chi connectivity index (χ4n) is 3.16. The topological polar surface area (TPSA) is 46.8 Å². The minimum atomic E-state index is -0.472. The quantitative estimate of drug-likeness (QED) is 0.200. The Hall–Kier alpha value is -2.38. The number of benzene rings is 2. The Kier molecular flexibility index (Phi) is 8.92. The third-order valence-corrected chi connectivity index (χ3v) is 5.72. The molecule has 0 fully saturated rings. The van der Waals surface area contributed by atoms with Crippen molar-refractivity contribution in [2.45, 2.75) is 12.8 Å². The van der Waals surface area contributed by atoms with E-state index < -0.39 is 5.82 Å². The molecule has 0 atom stereocenters. The van der Waals surface area contributed by atoms with Crippen molar-refractivity contribution in [3.05, 3.63) is 97.1 Å². The minimum Gasteiger partial charge on any atom is -0.395 e. The summed E-state index contributed by atoms with van der Waals surface area (Å²) in [6, 6.07) is 12.0. The maximum absolute atomic E-state index is 13.7. The second kappa shape index (κ2) is 11.7. The van der Waals surface area contributed by atoms with Crippen LogP contribution in [0.4, 0.5) is 4.39 Å². The van der Waals surface area contributed by atoms with E-state index in [9.17, 15) is 9.18 Å². The fraction of sp³-hybridized carbons (Fsp3) is 0.250. The van der Waals surface area contributed by atoms with Gasteiger partial charge in [-0.05, 0) is 69.9 Å². The molecule has 174 valence electrons. The third-order valence-electron chi connectivity index (χ3n) is 4.80. The Morgan fingerprint density at radius 1 is 1.03 bits per heavy atom. The van der Waals surface area contributed by atoms with Gasteiger partial charge in [-0.3, -0.25) is 9.36 Å². The zero-order chi connectivity index (χ0) is 24.0. The fourth-order valence-corrected chi connectivity index (χ4v) is 4.00. The van der Waals surface area contributed by atoms with Crippen LogP contribution in [0.1, 0.15) is 24.0 Å². The molecule has 0 saturated heterocycles. The molecule has 9 heteroatoms. The van der Waals surface area contributed by atoms with Crippen molar-refractivity contribution in [2.24, 2.45) is 5.16 Å². The molecule has 2 aromatic carbocycles. The highest BCUT2D eigenvalue weighted by Crippen LogP contribution is 2.28. The van der Waals surface area contributed by atoms with Crippen molar-refractivity contribution in [3.63, 3.8) is 0 Å². The molecule has 0 radical (unpaired) electrons. The maximum Gasteiger partial charge on any atom is 0.255 e. The molecule has 0 unspecified atom stereocenters. The summed E-state index contributed by atoms with van der Waals surface area (Å²) in [6.07, 6.45) is 3.31. The van der Waals surface area contributed by atoms with Gasteiger partial charge >= 0.3 is 0 Å². The van der Waals surface area contributed by atoms with Crippen molar-refractivity contribution in [3.8, 4) is 5.69 Å². The van der Waals surface area contributed by atoms with E-state index in [0.29, 0.717) is 39.2 Å². The Morgan fingerprint density at radius 3 is 2.42 bits per heavy atom. The summed E-state index contributed by atoms with van der Waals surface area (Å²) in [5, 5.41) is 5.09. The lowest BCUT2D eigenvalue weighted by Crippen LogP contribution is -2.20. The molecular formula is C24H23Cl3FN3O2. The van der Waals surface area contributed by atoms with Crippen molar-refractivity contribution in [2.75, 3.05) is 27.2 Å². The summed E-state index contributed by atoms with van der Waals surface area (Å²) in [5.41, 5.74) is 1.35. The largest absolute Gasteiger partial charge is 0.395 e. The number of nitrogens with zero attached hydrogens (tertiary/aromatic N) is 3. The molecule has 0 N–H and O–H groups in total. The number of aromatic nitrogens is 1. The smallest absolute Gasteiger partial charge is 0.255 e. The van der Waals surface area contributed by atoms with Gasteiger partial charge in [0.25, 0.3) is 5.56 Å². The zero-order valence-corrected chi connectivity index (χ0v) is 20.5. The minimum absolute atomic E-state index is 0.165. The average molecular weight is 511 g/mol. The highest BCUT2D eigenvalue weighted by Gasteiger charge is 2.17. The van der Waals surface area contributed by atoms with Crippen LogP contribution in [0.15, 0.2) is 64.7 Å². The first-order valence-electron chi connectivity index (χ1n) is 10.3. The van der Waals surface area contributed by atoms with Gasteiger partial charge in [-0.1, -0.05) is 46.0 Å². The Labute approximate surface area is 206 Å². The number of hydrogen-bond donors (Lipinski definition) is 0. The van der Waals surface area contributed by atoms with Crippen LogP contribution < -0.4 is 5.56 Å². The van der Waals surface area contributed by atoms with Crippen LogP contribution in [0.2, 0.25) is 15.1 Å². The number of oxime groups is 1. The first kappa shape index (κ1) is 25.2. The van der Waals surface area contributed by atoms with E-state index >= 15 is 0 Å². The third kappa shape index (κ3) is 6.58. The van der Waals surface area contributed by atoms with Gasteiger partial charge in [-0.15, -0.1) is 0 Å². The lowest BCUT2D eigenvalue weighted by molar-refractivity contribution is 0.138. The number of halogens is 4. The van der Waals surface area contributed by atoms with Crippen LogP contribution in [0.3, 0.4) is 0 Å². The molecule has 5 nitrogen and oxygen atoms in total. The van der Waals surface area contributed by atoms with Gasteiger partial charge < -0.3 is 9.74 Å². The molecule has 1 heterocycles. The molecule has 3 rings (SSSR count). The van der Waals surface area contributed by atoms with Crippen molar-refractivity contribution in [1.82, 2.24) is 9.47 Å². The lowest BCUT2D eigenvalue weighted by Gasteiger charge is -2.14. The van der Waals surface area contributed by atoms with E-state index in [-0.39, 0.29) is 10.6 Å². The van der Waals surface area contributed by atoms with Gasteiger partial charge in [-0.25, -0.2) is 4.39 Å². The van der Waals surface area contributed by atoms with Crippen LogP contribution in [0, 0.1) is 5.82 Å². The highest BCUT2D eigenvalue weighted by atomic mass is 35.5. The SMILES string of the molecule is CN(C)CCCCO/N=C(\c1ccc(=O)n(-c2c(Cl)cccc2Cl)c1)c1ccc(F)cc1Cl. The van der Waals surface area contributed by atoms with Gasteiger partial charge in [0.05, 0.1) is 20.8 Å². The molecule has 0 amide bonds. The van der Waals surface area contributed by atoms with Crippen molar-refractivity contribution < 1.29 is 9.23 Å². The molecule has 1 aromatic heterocycles. The van der Waals surface area contributed by atoms with Crippen molar-refractivity contribution >= 4 is 40.5 Å². The summed E-state index contributed by atoms with van der Waals surface area (Å²) >= 11 is 19.0. The predicted molar refractivity (Wildman–Crippen MR) is 133 cm³/mol.